The van der Waals surface area contributed by atoms with Crippen LogP contribution >= 0.6 is 7.60 Å². The van der Waals surface area contributed by atoms with Crippen molar-refractivity contribution in [2.24, 2.45) is 0 Å². The molecule has 0 aliphatic carbocycles. The van der Waals surface area contributed by atoms with E-state index in [-0.39, 0.29) is 6.61 Å². The van der Waals surface area contributed by atoms with E-state index in [1.807, 2.05) is 0 Å². The maximum atomic E-state index is 11.2. The summed E-state index contributed by atoms with van der Waals surface area (Å²) in [6.07, 6.45) is 3.89. The minimum absolute atomic E-state index is 0.0330. The highest BCUT2D eigenvalue weighted by atomic mass is 32.2. The highest BCUT2D eigenvalue weighted by Crippen LogP contribution is 2.42. The summed E-state index contributed by atoms with van der Waals surface area (Å²) in [6.45, 7) is 5.76. The Morgan fingerprint density at radius 3 is 2.62 bits per heavy atom. The molecule has 2 unspecified atom stereocenters. The van der Waals surface area contributed by atoms with E-state index < -0.39 is 24.2 Å². The molecule has 0 radical (unpaired) electrons. The van der Waals surface area contributed by atoms with Crippen LogP contribution in [0.3, 0.4) is 0 Å². The quantitative estimate of drug-likeness (QED) is 0.291. The van der Waals surface area contributed by atoms with E-state index in [1.54, 1.807) is 0 Å². The molecular formula is C9H19O5PS. The standard InChI is InChI=1S/C9H19O5PS/c1-3-4-5-6-9(2)7-14-15(10,11)8-16(12)13/h2-8H2,1H3,(H,10,11)(H,12,13). The van der Waals surface area contributed by atoms with Crippen molar-refractivity contribution < 1.29 is 22.7 Å². The van der Waals surface area contributed by atoms with Crippen molar-refractivity contribution in [1.29, 1.82) is 0 Å². The van der Waals surface area contributed by atoms with E-state index in [4.69, 9.17) is 14.0 Å². The van der Waals surface area contributed by atoms with Crippen molar-refractivity contribution in [3.05, 3.63) is 12.2 Å². The van der Waals surface area contributed by atoms with Crippen molar-refractivity contribution >= 4 is 18.7 Å². The Balaban J connectivity index is 3.82. The zero-order valence-corrected chi connectivity index (χ0v) is 11.1. The van der Waals surface area contributed by atoms with Crippen LogP contribution in [-0.4, -0.2) is 25.8 Å². The van der Waals surface area contributed by atoms with Gasteiger partial charge in [0.25, 0.3) is 0 Å². The van der Waals surface area contributed by atoms with Crippen molar-refractivity contribution in [1.82, 2.24) is 0 Å². The van der Waals surface area contributed by atoms with Crippen LogP contribution in [0.25, 0.3) is 0 Å². The first-order valence-electron chi connectivity index (χ1n) is 5.08. The van der Waals surface area contributed by atoms with Gasteiger partial charge in [-0.1, -0.05) is 31.9 Å². The van der Waals surface area contributed by atoms with Crippen molar-refractivity contribution in [3.8, 4) is 0 Å². The second-order valence-electron chi connectivity index (χ2n) is 3.57. The molecule has 0 saturated carbocycles. The van der Waals surface area contributed by atoms with Gasteiger partial charge in [-0.15, -0.1) is 0 Å². The fraction of sp³-hybridized carbons (Fsp3) is 0.778. The zero-order valence-electron chi connectivity index (χ0n) is 9.42. The third kappa shape index (κ3) is 9.24. The molecule has 2 atom stereocenters. The van der Waals surface area contributed by atoms with Crippen LogP contribution in [0, 0.1) is 0 Å². The molecule has 0 heterocycles. The molecule has 0 fully saturated rings. The van der Waals surface area contributed by atoms with Gasteiger partial charge in [0.15, 0.2) is 16.6 Å². The minimum Gasteiger partial charge on any atom is -0.324 e. The maximum absolute atomic E-state index is 11.2. The van der Waals surface area contributed by atoms with Crippen LogP contribution in [0.4, 0.5) is 0 Å². The summed E-state index contributed by atoms with van der Waals surface area (Å²) < 4.78 is 34.7. The lowest BCUT2D eigenvalue weighted by Crippen LogP contribution is -2.02. The second kappa shape index (κ2) is 8.14. The van der Waals surface area contributed by atoms with Crippen molar-refractivity contribution in [2.75, 3.05) is 12.1 Å². The average molecular weight is 270 g/mol. The molecule has 0 rings (SSSR count). The summed E-state index contributed by atoms with van der Waals surface area (Å²) in [4.78, 5) is 9.14. The summed E-state index contributed by atoms with van der Waals surface area (Å²) in [7, 11) is -3.95. The first-order valence-corrected chi connectivity index (χ1v) is 8.11. The predicted molar refractivity (Wildman–Crippen MR) is 64.7 cm³/mol. The van der Waals surface area contributed by atoms with Crippen LogP contribution in [0.5, 0.6) is 0 Å². The van der Waals surface area contributed by atoms with Crippen LogP contribution < -0.4 is 0 Å². The molecule has 96 valence electrons. The largest absolute Gasteiger partial charge is 0.343 e. The summed E-state index contributed by atoms with van der Waals surface area (Å²) >= 11 is -2.32. The van der Waals surface area contributed by atoms with E-state index in [0.29, 0.717) is 0 Å². The van der Waals surface area contributed by atoms with Gasteiger partial charge in [0.05, 0.1) is 6.61 Å². The van der Waals surface area contributed by atoms with Gasteiger partial charge in [-0.2, -0.15) is 0 Å². The highest BCUT2D eigenvalue weighted by Gasteiger charge is 2.22. The van der Waals surface area contributed by atoms with Crippen LogP contribution in [-0.2, 0) is 20.2 Å². The summed E-state index contributed by atoms with van der Waals surface area (Å²) in [5.41, 5.74) is -0.0265. The van der Waals surface area contributed by atoms with Gasteiger partial charge in [0.1, 0.15) is 0 Å². The second-order valence-corrected chi connectivity index (χ2v) is 6.78. The third-order valence-electron chi connectivity index (χ3n) is 1.88. The molecule has 0 bridgehead atoms. The Labute approximate surface area is 98.7 Å². The molecule has 16 heavy (non-hydrogen) atoms. The molecule has 0 saturated heterocycles. The lowest BCUT2D eigenvalue weighted by Gasteiger charge is -2.11. The molecule has 5 nitrogen and oxygen atoms in total. The lowest BCUT2D eigenvalue weighted by molar-refractivity contribution is 0.282. The number of hydrogen-bond acceptors (Lipinski definition) is 3. The van der Waals surface area contributed by atoms with Crippen molar-refractivity contribution in [2.45, 2.75) is 32.6 Å². The Morgan fingerprint density at radius 2 is 2.12 bits per heavy atom. The van der Waals surface area contributed by atoms with Crippen LogP contribution in [0.15, 0.2) is 12.2 Å². The molecule has 0 amide bonds. The fourth-order valence-corrected chi connectivity index (χ4v) is 2.87. The van der Waals surface area contributed by atoms with Gasteiger partial charge in [-0.3, -0.25) is 4.57 Å². The van der Waals surface area contributed by atoms with Gasteiger partial charge in [-0.25, -0.2) is 4.21 Å². The monoisotopic (exact) mass is 270 g/mol. The Kier molecular flexibility index (Phi) is 8.14. The molecule has 0 aromatic heterocycles. The molecule has 0 spiro atoms. The Bertz CT molecular complexity index is 292. The Hall–Kier alpha value is -0.0000000000000000486. The lowest BCUT2D eigenvalue weighted by atomic mass is 10.1. The predicted octanol–water partition coefficient (Wildman–Crippen LogP) is 2.50. The Morgan fingerprint density at radius 1 is 1.50 bits per heavy atom. The van der Waals surface area contributed by atoms with Gasteiger partial charge >= 0.3 is 7.60 Å². The maximum Gasteiger partial charge on any atom is 0.343 e. The highest BCUT2D eigenvalue weighted by molar-refractivity contribution is 7.87. The van der Waals surface area contributed by atoms with Gasteiger partial charge in [0, 0.05) is 0 Å². The van der Waals surface area contributed by atoms with Crippen LogP contribution in [0.2, 0.25) is 0 Å². The normalized spacial score (nSPS) is 16.7. The topological polar surface area (TPSA) is 83.8 Å². The summed E-state index contributed by atoms with van der Waals surface area (Å²) in [6, 6.07) is 0. The molecule has 0 aromatic carbocycles. The molecule has 0 aliphatic rings. The number of unbranched alkanes of at least 4 members (excludes halogenated alkanes) is 2. The molecular weight excluding hydrogens is 251 g/mol. The number of hydrogen-bond donors (Lipinski definition) is 2. The molecule has 0 aliphatic heterocycles. The first kappa shape index (κ1) is 16.0. The van der Waals surface area contributed by atoms with Crippen molar-refractivity contribution in [3.63, 3.8) is 0 Å². The zero-order chi connectivity index (χ0) is 12.6. The number of rotatable bonds is 9. The fourth-order valence-electron chi connectivity index (χ4n) is 1.07. The average Bonchev–Trinajstić information content (AvgIpc) is 2.13. The smallest absolute Gasteiger partial charge is 0.324 e. The first-order chi connectivity index (χ1) is 7.37. The van der Waals surface area contributed by atoms with E-state index in [2.05, 4.69) is 13.5 Å². The summed E-state index contributed by atoms with van der Waals surface area (Å²) in [5, 5.41) is 0. The third-order valence-corrected chi connectivity index (χ3v) is 4.60. The van der Waals surface area contributed by atoms with E-state index in [1.165, 1.54) is 0 Å². The van der Waals surface area contributed by atoms with E-state index >= 15 is 0 Å². The van der Waals surface area contributed by atoms with Gasteiger partial charge in [-0.05, 0) is 12.8 Å². The van der Waals surface area contributed by atoms with Gasteiger partial charge in [0.2, 0.25) is 0 Å². The van der Waals surface area contributed by atoms with E-state index in [0.717, 1.165) is 31.3 Å². The molecule has 0 aromatic rings. The minimum atomic E-state index is -3.95. The van der Waals surface area contributed by atoms with Crippen LogP contribution in [0.1, 0.15) is 32.6 Å². The molecule has 2 N–H and O–H groups in total. The SMILES string of the molecule is C=C(CCCCC)COP(=O)(O)CS(=O)O. The molecule has 7 heteroatoms. The van der Waals surface area contributed by atoms with Gasteiger partial charge < -0.3 is 14.0 Å². The summed E-state index contributed by atoms with van der Waals surface area (Å²) in [5.74, 6) is 0. The van der Waals surface area contributed by atoms with E-state index in [9.17, 15) is 8.77 Å².